The molecule has 0 spiro atoms. The van der Waals surface area contributed by atoms with Gasteiger partial charge >= 0.3 is 0 Å². The van der Waals surface area contributed by atoms with Gasteiger partial charge in [0.05, 0.1) is 20.6 Å². The van der Waals surface area contributed by atoms with Crippen LogP contribution in [0.5, 0.6) is 0 Å². The van der Waals surface area contributed by atoms with Crippen LogP contribution in [0.15, 0.2) is 47.4 Å². The van der Waals surface area contributed by atoms with Crippen LogP contribution in [0.4, 0.5) is 5.69 Å². The standard InChI is InChI=1S/C20H20Cl2N2O4S/c1-13(25)14-8-10-15(11-9-14)29(27,28)24-12-3-2-7-18(24)20(26)23-17-6-4-5-16(21)19(17)22/h4-6,8-11,18H,2-3,7,12H2,1H3,(H,23,26). The first kappa shape index (κ1) is 21.8. The van der Waals surface area contributed by atoms with E-state index in [0.29, 0.717) is 29.1 Å². The summed E-state index contributed by atoms with van der Waals surface area (Å²) in [5, 5.41) is 3.19. The Balaban J connectivity index is 1.87. The van der Waals surface area contributed by atoms with Gasteiger partial charge in [0.1, 0.15) is 6.04 Å². The van der Waals surface area contributed by atoms with E-state index in [4.69, 9.17) is 23.2 Å². The minimum Gasteiger partial charge on any atom is -0.323 e. The topological polar surface area (TPSA) is 83.6 Å². The van der Waals surface area contributed by atoms with Crippen molar-refractivity contribution in [2.45, 2.75) is 37.1 Å². The number of carbonyl (C=O) groups excluding carboxylic acids is 2. The van der Waals surface area contributed by atoms with Crippen LogP contribution in [0.2, 0.25) is 10.0 Å². The predicted molar refractivity (Wildman–Crippen MR) is 113 cm³/mol. The fraction of sp³-hybridized carbons (Fsp3) is 0.300. The summed E-state index contributed by atoms with van der Waals surface area (Å²) in [6.45, 7) is 1.65. The third-order valence-electron chi connectivity index (χ3n) is 4.83. The van der Waals surface area contributed by atoms with Crippen molar-refractivity contribution in [3.63, 3.8) is 0 Å². The van der Waals surface area contributed by atoms with E-state index in [0.717, 1.165) is 6.42 Å². The maximum absolute atomic E-state index is 13.2. The molecule has 1 N–H and O–H groups in total. The van der Waals surface area contributed by atoms with Crippen molar-refractivity contribution < 1.29 is 18.0 Å². The third kappa shape index (κ3) is 4.64. The van der Waals surface area contributed by atoms with Crippen molar-refractivity contribution >= 4 is 50.6 Å². The monoisotopic (exact) mass is 454 g/mol. The van der Waals surface area contributed by atoms with Crippen LogP contribution >= 0.6 is 23.2 Å². The van der Waals surface area contributed by atoms with E-state index in [1.54, 1.807) is 18.2 Å². The minimum absolute atomic E-state index is 0.0444. The molecule has 0 aliphatic carbocycles. The fourth-order valence-electron chi connectivity index (χ4n) is 3.27. The molecule has 2 aromatic carbocycles. The molecule has 0 saturated carbocycles. The molecule has 1 aliphatic rings. The van der Waals surface area contributed by atoms with Gasteiger partial charge in [0.25, 0.3) is 0 Å². The molecule has 29 heavy (non-hydrogen) atoms. The lowest BCUT2D eigenvalue weighted by Gasteiger charge is -2.33. The molecular weight excluding hydrogens is 435 g/mol. The summed E-state index contributed by atoms with van der Waals surface area (Å²) in [6.07, 6.45) is 1.79. The number of hydrogen-bond acceptors (Lipinski definition) is 4. The van der Waals surface area contributed by atoms with E-state index in [-0.39, 0.29) is 22.2 Å². The van der Waals surface area contributed by atoms with Gasteiger partial charge < -0.3 is 5.32 Å². The summed E-state index contributed by atoms with van der Waals surface area (Å²) >= 11 is 12.1. The van der Waals surface area contributed by atoms with E-state index in [1.807, 2.05) is 0 Å². The minimum atomic E-state index is -3.91. The highest BCUT2D eigenvalue weighted by Gasteiger charge is 2.37. The number of piperidine rings is 1. The van der Waals surface area contributed by atoms with Crippen molar-refractivity contribution in [1.29, 1.82) is 0 Å². The molecule has 2 aromatic rings. The third-order valence-corrected chi connectivity index (χ3v) is 7.57. The van der Waals surface area contributed by atoms with Gasteiger partial charge in [0.15, 0.2) is 5.78 Å². The molecular formula is C20H20Cl2N2O4S. The quantitative estimate of drug-likeness (QED) is 0.679. The van der Waals surface area contributed by atoms with Gasteiger partial charge in [-0.2, -0.15) is 4.31 Å². The number of ketones is 1. The van der Waals surface area contributed by atoms with Gasteiger partial charge in [0.2, 0.25) is 15.9 Å². The van der Waals surface area contributed by atoms with Gasteiger partial charge in [-0.05, 0) is 44.0 Å². The molecule has 1 heterocycles. The number of amides is 1. The Kier molecular flexibility index (Phi) is 6.63. The molecule has 1 fully saturated rings. The van der Waals surface area contributed by atoms with E-state index in [2.05, 4.69) is 5.32 Å². The van der Waals surface area contributed by atoms with Crippen LogP contribution in [0.25, 0.3) is 0 Å². The maximum Gasteiger partial charge on any atom is 0.243 e. The SMILES string of the molecule is CC(=O)c1ccc(S(=O)(=O)N2CCCCC2C(=O)Nc2cccc(Cl)c2Cl)cc1. The zero-order chi connectivity index (χ0) is 21.2. The second kappa shape index (κ2) is 8.83. The summed E-state index contributed by atoms with van der Waals surface area (Å²) in [4.78, 5) is 24.4. The van der Waals surface area contributed by atoms with Gasteiger partial charge in [-0.25, -0.2) is 8.42 Å². The van der Waals surface area contributed by atoms with Crippen LogP contribution in [0.3, 0.4) is 0 Å². The Morgan fingerprint density at radius 2 is 1.76 bits per heavy atom. The summed E-state index contributed by atoms with van der Waals surface area (Å²) in [6, 6.07) is 9.72. The number of carbonyl (C=O) groups is 2. The molecule has 1 unspecified atom stereocenters. The Labute approximate surface area is 179 Å². The van der Waals surface area contributed by atoms with Crippen LogP contribution < -0.4 is 5.32 Å². The van der Waals surface area contributed by atoms with Crippen molar-refractivity contribution in [1.82, 2.24) is 4.31 Å². The summed E-state index contributed by atoms with van der Waals surface area (Å²) < 4.78 is 27.6. The van der Waals surface area contributed by atoms with E-state index < -0.39 is 22.0 Å². The normalized spacial score (nSPS) is 17.7. The Bertz CT molecular complexity index is 1040. The smallest absolute Gasteiger partial charge is 0.243 e. The zero-order valence-corrected chi connectivity index (χ0v) is 18.0. The number of Topliss-reactive ketones (excluding diaryl/α,β-unsaturated/α-hetero) is 1. The molecule has 3 rings (SSSR count). The number of sulfonamides is 1. The van der Waals surface area contributed by atoms with Crippen molar-refractivity contribution in [2.75, 3.05) is 11.9 Å². The molecule has 6 nitrogen and oxygen atoms in total. The summed E-state index contributed by atoms with van der Waals surface area (Å²) in [7, 11) is -3.91. The molecule has 1 saturated heterocycles. The second-order valence-electron chi connectivity index (χ2n) is 6.80. The van der Waals surface area contributed by atoms with Gasteiger partial charge in [-0.15, -0.1) is 0 Å². The molecule has 0 aromatic heterocycles. The lowest BCUT2D eigenvalue weighted by atomic mass is 10.0. The first-order chi connectivity index (χ1) is 13.7. The predicted octanol–water partition coefficient (Wildman–Crippen LogP) is 4.38. The number of rotatable bonds is 5. The summed E-state index contributed by atoms with van der Waals surface area (Å²) in [5.74, 6) is -0.611. The van der Waals surface area contributed by atoms with Crippen LogP contribution in [-0.4, -0.2) is 37.0 Å². The van der Waals surface area contributed by atoms with Crippen molar-refractivity contribution in [2.24, 2.45) is 0 Å². The van der Waals surface area contributed by atoms with Crippen molar-refractivity contribution in [3.8, 4) is 0 Å². The molecule has 1 atom stereocenters. The second-order valence-corrected chi connectivity index (χ2v) is 9.47. The van der Waals surface area contributed by atoms with Gasteiger partial charge in [-0.1, -0.05) is 47.8 Å². The lowest BCUT2D eigenvalue weighted by Crippen LogP contribution is -2.49. The van der Waals surface area contributed by atoms with Crippen LogP contribution in [0, 0.1) is 0 Å². The highest BCUT2D eigenvalue weighted by molar-refractivity contribution is 7.89. The number of nitrogens with zero attached hydrogens (tertiary/aromatic N) is 1. The lowest BCUT2D eigenvalue weighted by molar-refractivity contribution is -0.120. The fourth-order valence-corrected chi connectivity index (χ4v) is 5.27. The molecule has 154 valence electrons. The average molecular weight is 455 g/mol. The van der Waals surface area contributed by atoms with Gasteiger partial charge in [0, 0.05) is 12.1 Å². The number of nitrogens with one attached hydrogen (secondary N) is 1. The Morgan fingerprint density at radius 3 is 2.41 bits per heavy atom. The average Bonchev–Trinajstić information content (AvgIpc) is 2.71. The maximum atomic E-state index is 13.2. The molecule has 1 amide bonds. The molecule has 1 aliphatic heterocycles. The number of hydrogen-bond donors (Lipinski definition) is 1. The Hall–Kier alpha value is -1.93. The van der Waals surface area contributed by atoms with E-state index in [9.17, 15) is 18.0 Å². The zero-order valence-electron chi connectivity index (χ0n) is 15.7. The number of anilines is 1. The molecule has 9 heteroatoms. The van der Waals surface area contributed by atoms with Gasteiger partial charge in [-0.3, -0.25) is 9.59 Å². The van der Waals surface area contributed by atoms with Crippen LogP contribution in [-0.2, 0) is 14.8 Å². The number of benzene rings is 2. The van der Waals surface area contributed by atoms with Crippen LogP contribution in [0.1, 0.15) is 36.5 Å². The highest BCUT2D eigenvalue weighted by Crippen LogP contribution is 2.31. The first-order valence-electron chi connectivity index (χ1n) is 9.09. The molecule has 0 bridgehead atoms. The van der Waals surface area contributed by atoms with E-state index in [1.165, 1.54) is 35.5 Å². The molecule has 0 radical (unpaired) electrons. The largest absolute Gasteiger partial charge is 0.323 e. The summed E-state index contributed by atoms with van der Waals surface area (Å²) in [5.41, 5.74) is 0.755. The Morgan fingerprint density at radius 1 is 1.07 bits per heavy atom. The van der Waals surface area contributed by atoms with E-state index >= 15 is 0 Å². The number of halogens is 2. The van der Waals surface area contributed by atoms with Crippen molar-refractivity contribution in [3.05, 3.63) is 58.1 Å². The first-order valence-corrected chi connectivity index (χ1v) is 11.3. The highest BCUT2D eigenvalue weighted by atomic mass is 35.5.